The second-order valence-electron chi connectivity index (χ2n) is 5.30. The minimum Gasteiger partial charge on any atom is -0.419 e. The Kier molecular flexibility index (Phi) is 6.12. The third-order valence-electron chi connectivity index (χ3n) is 3.82. The first-order valence-corrected chi connectivity index (χ1v) is 7.92. The Balaban J connectivity index is 1.99. The van der Waals surface area contributed by atoms with Gasteiger partial charge in [0, 0.05) is 18.5 Å². The van der Waals surface area contributed by atoms with Crippen LogP contribution in [0.1, 0.15) is 26.0 Å². The molecule has 23 heavy (non-hydrogen) atoms. The van der Waals surface area contributed by atoms with Gasteiger partial charge in [-0.1, -0.05) is 0 Å². The molecule has 6 heteroatoms. The number of aromatic nitrogens is 1. The van der Waals surface area contributed by atoms with Crippen molar-refractivity contribution in [3.05, 3.63) is 35.8 Å². The quantitative estimate of drug-likeness (QED) is 0.732. The SMILES string of the molecule is CC[NH+](CC)CCCNc1oc(-c2ccc(F)cc2)nc1C#N. The Hall–Kier alpha value is -2.39. The van der Waals surface area contributed by atoms with E-state index in [1.54, 1.807) is 12.1 Å². The average molecular weight is 317 g/mol. The highest BCUT2D eigenvalue weighted by atomic mass is 19.1. The van der Waals surface area contributed by atoms with Crippen molar-refractivity contribution in [1.29, 1.82) is 5.26 Å². The first kappa shape index (κ1) is 17.0. The predicted octanol–water partition coefficient (Wildman–Crippen LogP) is 2.08. The van der Waals surface area contributed by atoms with E-state index in [1.807, 2.05) is 6.07 Å². The summed E-state index contributed by atoms with van der Waals surface area (Å²) in [6, 6.07) is 7.86. The standard InChI is InChI=1S/C17H21FN4O/c1-3-22(4-2)11-5-10-20-17-15(12-19)21-16(23-17)13-6-8-14(18)9-7-13/h6-9,20H,3-5,10-11H2,1-2H3/p+1. The summed E-state index contributed by atoms with van der Waals surface area (Å²) in [4.78, 5) is 5.70. The van der Waals surface area contributed by atoms with Gasteiger partial charge in [-0.15, -0.1) is 0 Å². The maximum absolute atomic E-state index is 13.0. The zero-order valence-corrected chi connectivity index (χ0v) is 13.5. The molecule has 0 saturated carbocycles. The first-order valence-electron chi connectivity index (χ1n) is 7.92. The van der Waals surface area contributed by atoms with Crippen LogP contribution in [0, 0.1) is 17.1 Å². The molecule has 5 nitrogen and oxygen atoms in total. The number of hydrogen-bond donors (Lipinski definition) is 2. The van der Waals surface area contributed by atoms with Crippen molar-refractivity contribution in [1.82, 2.24) is 4.98 Å². The van der Waals surface area contributed by atoms with Crippen LogP contribution in [0.4, 0.5) is 10.3 Å². The maximum atomic E-state index is 13.0. The van der Waals surface area contributed by atoms with Gasteiger partial charge in [-0.25, -0.2) is 4.39 Å². The fourth-order valence-electron chi connectivity index (χ4n) is 2.38. The topological polar surface area (TPSA) is 66.3 Å². The fraction of sp³-hybridized carbons (Fsp3) is 0.412. The third-order valence-corrected chi connectivity index (χ3v) is 3.82. The monoisotopic (exact) mass is 317 g/mol. The molecule has 0 unspecified atom stereocenters. The molecule has 2 aromatic rings. The average Bonchev–Trinajstić information content (AvgIpc) is 2.99. The van der Waals surface area contributed by atoms with E-state index in [-0.39, 0.29) is 11.5 Å². The molecule has 0 bridgehead atoms. The summed E-state index contributed by atoms with van der Waals surface area (Å²) in [7, 11) is 0. The number of hydrogen-bond acceptors (Lipinski definition) is 4. The van der Waals surface area contributed by atoms with Gasteiger partial charge in [-0.05, 0) is 38.1 Å². The Morgan fingerprint density at radius 3 is 2.57 bits per heavy atom. The van der Waals surface area contributed by atoms with Gasteiger partial charge in [0.2, 0.25) is 17.5 Å². The second-order valence-corrected chi connectivity index (χ2v) is 5.30. The van der Waals surface area contributed by atoms with Crippen LogP contribution in [0.25, 0.3) is 11.5 Å². The molecule has 0 amide bonds. The molecular formula is C17H22FN4O+. The zero-order valence-electron chi connectivity index (χ0n) is 13.5. The molecule has 0 aliphatic carbocycles. The van der Waals surface area contributed by atoms with Crippen molar-refractivity contribution in [2.24, 2.45) is 0 Å². The number of quaternary nitrogens is 1. The highest BCUT2D eigenvalue weighted by Gasteiger charge is 2.14. The van der Waals surface area contributed by atoms with Crippen LogP contribution in [-0.2, 0) is 0 Å². The number of nitriles is 1. The van der Waals surface area contributed by atoms with Gasteiger partial charge in [0.25, 0.3) is 0 Å². The van der Waals surface area contributed by atoms with Crippen molar-refractivity contribution >= 4 is 5.88 Å². The van der Waals surface area contributed by atoms with Crippen molar-refractivity contribution in [2.45, 2.75) is 20.3 Å². The molecule has 0 spiro atoms. The number of nitrogens with zero attached hydrogens (tertiary/aromatic N) is 2. The summed E-state index contributed by atoms with van der Waals surface area (Å²) >= 11 is 0. The van der Waals surface area contributed by atoms with Gasteiger partial charge < -0.3 is 14.6 Å². The molecule has 0 aliphatic heterocycles. The van der Waals surface area contributed by atoms with E-state index >= 15 is 0 Å². The maximum Gasteiger partial charge on any atom is 0.232 e. The molecule has 2 N–H and O–H groups in total. The molecule has 0 saturated heterocycles. The van der Waals surface area contributed by atoms with Crippen LogP contribution in [0.2, 0.25) is 0 Å². The Labute approximate surface area is 135 Å². The molecule has 1 heterocycles. The number of benzene rings is 1. The lowest BCUT2D eigenvalue weighted by molar-refractivity contribution is -0.896. The van der Waals surface area contributed by atoms with Gasteiger partial charge in [0.05, 0.1) is 19.6 Å². The van der Waals surface area contributed by atoms with Crippen molar-refractivity contribution in [2.75, 3.05) is 31.5 Å². The van der Waals surface area contributed by atoms with E-state index in [0.29, 0.717) is 17.3 Å². The van der Waals surface area contributed by atoms with Gasteiger partial charge in [0.15, 0.2) is 0 Å². The van der Waals surface area contributed by atoms with Crippen molar-refractivity contribution < 1.29 is 13.7 Å². The number of anilines is 1. The second kappa shape index (κ2) is 8.30. The molecule has 2 rings (SSSR count). The van der Waals surface area contributed by atoms with Crippen LogP contribution in [0.3, 0.4) is 0 Å². The minimum atomic E-state index is -0.321. The molecule has 122 valence electrons. The smallest absolute Gasteiger partial charge is 0.232 e. The molecule has 0 radical (unpaired) electrons. The van der Waals surface area contributed by atoms with Crippen LogP contribution in [0.5, 0.6) is 0 Å². The molecule has 0 atom stereocenters. The normalized spacial score (nSPS) is 10.7. The predicted molar refractivity (Wildman–Crippen MR) is 86.6 cm³/mol. The number of rotatable bonds is 8. The van der Waals surface area contributed by atoms with Gasteiger partial charge in [0.1, 0.15) is 11.9 Å². The zero-order chi connectivity index (χ0) is 16.7. The minimum absolute atomic E-state index is 0.222. The van der Waals surface area contributed by atoms with E-state index in [9.17, 15) is 4.39 Å². The summed E-state index contributed by atoms with van der Waals surface area (Å²) in [6.07, 6.45) is 0.981. The molecular weight excluding hydrogens is 295 g/mol. The van der Waals surface area contributed by atoms with Crippen LogP contribution >= 0.6 is 0 Å². The Morgan fingerprint density at radius 1 is 1.26 bits per heavy atom. The lowest BCUT2D eigenvalue weighted by atomic mass is 10.2. The summed E-state index contributed by atoms with van der Waals surface area (Å²) in [5, 5.41) is 12.3. The van der Waals surface area contributed by atoms with Gasteiger partial charge in [-0.3, -0.25) is 0 Å². The number of oxazole rings is 1. The van der Waals surface area contributed by atoms with Gasteiger partial charge >= 0.3 is 0 Å². The number of halogens is 1. The van der Waals surface area contributed by atoms with E-state index in [4.69, 9.17) is 9.68 Å². The molecule has 1 aromatic heterocycles. The van der Waals surface area contributed by atoms with E-state index in [1.165, 1.54) is 17.0 Å². The fourth-order valence-corrected chi connectivity index (χ4v) is 2.38. The summed E-state index contributed by atoms with van der Waals surface area (Å²) in [5.41, 5.74) is 0.864. The lowest BCUT2D eigenvalue weighted by Gasteiger charge is -2.14. The lowest BCUT2D eigenvalue weighted by Crippen LogP contribution is -3.11. The van der Waals surface area contributed by atoms with Crippen molar-refractivity contribution in [3.8, 4) is 17.5 Å². The van der Waals surface area contributed by atoms with E-state index in [2.05, 4.69) is 24.1 Å². The van der Waals surface area contributed by atoms with E-state index < -0.39 is 0 Å². The summed E-state index contributed by atoms with van der Waals surface area (Å²) in [5.74, 6) is 0.373. The molecule has 0 fully saturated rings. The van der Waals surface area contributed by atoms with Crippen molar-refractivity contribution in [3.63, 3.8) is 0 Å². The van der Waals surface area contributed by atoms with Crippen LogP contribution in [-0.4, -0.2) is 31.2 Å². The Bertz CT molecular complexity index is 656. The van der Waals surface area contributed by atoms with E-state index in [0.717, 1.165) is 32.6 Å². The highest BCUT2D eigenvalue weighted by Crippen LogP contribution is 2.25. The van der Waals surface area contributed by atoms with Crippen LogP contribution < -0.4 is 10.2 Å². The highest BCUT2D eigenvalue weighted by molar-refractivity contribution is 5.58. The van der Waals surface area contributed by atoms with Crippen LogP contribution in [0.15, 0.2) is 28.7 Å². The molecule has 0 aliphatic rings. The summed E-state index contributed by atoms with van der Waals surface area (Å²) in [6.45, 7) is 8.35. The largest absolute Gasteiger partial charge is 0.419 e. The Morgan fingerprint density at radius 2 is 1.96 bits per heavy atom. The number of nitrogens with one attached hydrogen (secondary N) is 2. The van der Waals surface area contributed by atoms with Gasteiger partial charge in [-0.2, -0.15) is 10.2 Å². The summed E-state index contributed by atoms with van der Waals surface area (Å²) < 4.78 is 18.6. The molecule has 1 aromatic carbocycles. The third kappa shape index (κ3) is 4.54. The first-order chi connectivity index (χ1) is 11.2.